The molecule has 1 aromatic carbocycles. The number of benzene rings is 1. The summed E-state index contributed by atoms with van der Waals surface area (Å²) in [5.41, 5.74) is 0.689. The number of nitrogens with one attached hydrogen (secondary N) is 2. The molecule has 0 aliphatic heterocycles. The molecule has 1 aliphatic rings. The molecule has 0 spiro atoms. The van der Waals surface area contributed by atoms with Crippen molar-refractivity contribution in [1.82, 2.24) is 10.6 Å². The van der Waals surface area contributed by atoms with E-state index in [-0.39, 0.29) is 5.91 Å². The zero-order chi connectivity index (χ0) is 16.8. The molecule has 2 amide bonds. The van der Waals surface area contributed by atoms with Gasteiger partial charge in [-0.2, -0.15) is 5.26 Å². The number of carboxylic acid groups (broad SMARTS) is 1. The maximum absolute atomic E-state index is 12.5. The van der Waals surface area contributed by atoms with Crippen molar-refractivity contribution in [1.29, 1.82) is 5.26 Å². The van der Waals surface area contributed by atoms with Crippen molar-refractivity contribution in [2.45, 2.75) is 37.8 Å². The van der Waals surface area contributed by atoms with Crippen LogP contribution in [-0.4, -0.2) is 23.1 Å². The summed E-state index contributed by atoms with van der Waals surface area (Å²) in [6.07, 6.45) is 1.90. The Morgan fingerprint density at radius 3 is 2.74 bits per heavy atom. The van der Waals surface area contributed by atoms with Crippen LogP contribution in [0.3, 0.4) is 0 Å². The van der Waals surface area contributed by atoms with E-state index in [1.807, 2.05) is 6.07 Å². The van der Waals surface area contributed by atoms with Gasteiger partial charge in [-0.25, -0.2) is 4.79 Å². The second-order valence-electron chi connectivity index (χ2n) is 5.57. The van der Waals surface area contributed by atoms with Gasteiger partial charge in [-0.1, -0.05) is 40.9 Å². The average Bonchev–Trinajstić information content (AvgIpc) is 2.52. The standard InChI is InChI=1S/C16H18BrN3O3/c17-11-5-3-4-10(8-11)14(9-18)19-15(21)12-6-1-2-7-13(12)20-16(22)23/h3-5,8,12-14,20H,1-2,6-7H2,(H,19,21)(H,22,23)/t12-,13-,14?/m1/s1. The quantitative estimate of drug-likeness (QED) is 0.747. The zero-order valence-corrected chi connectivity index (χ0v) is 14.0. The first kappa shape index (κ1) is 17.3. The highest BCUT2D eigenvalue weighted by Crippen LogP contribution is 2.26. The van der Waals surface area contributed by atoms with Crippen molar-refractivity contribution in [3.63, 3.8) is 0 Å². The summed E-state index contributed by atoms with van der Waals surface area (Å²) in [6.45, 7) is 0. The van der Waals surface area contributed by atoms with Crippen LogP contribution < -0.4 is 10.6 Å². The molecular weight excluding hydrogens is 362 g/mol. The van der Waals surface area contributed by atoms with E-state index >= 15 is 0 Å². The SMILES string of the molecule is N#CC(NC(=O)[C@@H]1CCCC[C@H]1NC(=O)O)c1cccc(Br)c1. The van der Waals surface area contributed by atoms with Gasteiger partial charge in [0.1, 0.15) is 6.04 Å². The van der Waals surface area contributed by atoms with Gasteiger partial charge in [-0.15, -0.1) is 0 Å². The molecule has 0 bridgehead atoms. The van der Waals surface area contributed by atoms with E-state index in [1.165, 1.54) is 0 Å². The number of hydrogen-bond donors (Lipinski definition) is 3. The summed E-state index contributed by atoms with van der Waals surface area (Å²) in [4.78, 5) is 23.4. The second kappa shape index (κ2) is 7.97. The van der Waals surface area contributed by atoms with Crippen LogP contribution in [0.2, 0.25) is 0 Å². The zero-order valence-electron chi connectivity index (χ0n) is 12.5. The summed E-state index contributed by atoms with van der Waals surface area (Å²) in [7, 11) is 0. The van der Waals surface area contributed by atoms with Crippen LogP contribution in [0.25, 0.3) is 0 Å². The molecule has 6 nitrogen and oxygen atoms in total. The largest absolute Gasteiger partial charge is 0.465 e. The van der Waals surface area contributed by atoms with Gasteiger partial charge in [0.05, 0.1) is 12.0 Å². The monoisotopic (exact) mass is 379 g/mol. The molecule has 122 valence electrons. The van der Waals surface area contributed by atoms with Crippen LogP contribution in [0, 0.1) is 17.2 Å². The molecule has 1 aromatic rings. The summed E-state index contributed by atoms with van der Waals surface area (Å²) >= 11 is 3.34. The Morgan fingerprint density at radius 2 is 2.09 bits per heavy atom. The fourth-order valence-electron chi connectivity index (χ4n) is 2.90. The Morgan fingerprint density at radius 1 is 1.35 bits per heavy atom. The Hall–Kier alpha value is -2.07. The smallest absolute Gasteiger partial charge is 0.404 e. The molecule has 7 heteroatoms. The Labute approximate surface area is 143 Å². The summed E-state index contributed by atoms with van der Waals surface area (Å²) in [6, 6.07) is 8.11. The first-order valence-electron chi connectivity index (χ1n) is 7.46. The number of nitriles is 1. The van der Waals surface area contributed by atoms with Crippen molar-refractivity contribution in [2.75, 3.05) is 0 Å². The minimum Gasteiger partial charge on any atom is -0.465 e. The highest BCUT2D eigenvalue weighted by molar-refractivity contribution is 9.10. The lowest BCUT2D eigenvalue weighted by Crippen LogP contribution is -2.48. The van der Waals surface area contributed by atoms with Crippen LogP contribution in [0.1, 0.15) is 37.3 Å². The van der Waals surface area contributed by atoms with E-state index in [2.05, 4.69) is 32.6 Å². The normalized spacial score (nSPS) is 21.7. The van der Waals surface area contributed by atoms with Gasteiger partial charge in [0, 0.05) is 10.5 Å². The molecule has 0 radical (unpaired) electrons. The first-order chi connectivity index (χ1) is 11.0. The van der Waals surface area contributed by atoms with Crippen molar-refractivity contribution in [2.24, 2.45) is 5.92 Å². The molecule has 1 aliphatic carbocycles. The molecule has 3 N–H and O–H groups in total. The lowest BCUT2D eigenvalue weighted by molar-refractivity contribution is -0.127. The Bertz CT molecular complexity index is 629. The molecular formula is C16H18BrN3O3. The Balaban J connectivity index is 2.09. The van der Waals surface area contributed by atoms with Crippen LogP contribution >= 0.6 is 15.9 Å². The number of nitrogens with zero attached hydrogens (tertiary/aromatic N) is 1. The van der Waals surface area contributed by atoms with E-state index < -0.39 is 24.1 Å². The number of hydrogen-bond acceptors (Lipinski definition) is 3. The fraction of sp³-hybridized carbons (Fsp3) is 0.438. The van der Waals surface area contributed by atoms with Crippen LogP contribution in [-0.2, 0) is 4.79 Å². The van der Waals surface area contributed by atoms with E-state index in [9.17, 15) is 14.9 Å². The van der Waals surface area contributed by atoms with E-state index in [0.717, 1.165) is 17.3 Å². The van der Waals surface area contributed by atoms with Gasteiger partial charge >= 0.3 is 6.09 Å². The van der Waals surface area contributed by atoms with Crippen LogP contribution in [0.4, 0.5) is 4.79 Å². The van der Waals surface area contributed by atoms with Crippen molar-refractivity contribution in [3.05, 3.63) is 34.3 Å². The molecule has 0 saturated heterocycles. The number of rotatable bonds is 4. The lowest BCUT2D eigenvalue weighted by Gasteiger charge is -2.31. The minimum absolute atomic E-state index is 0.282. The molecule has 1 saturated carbocycles. The molecule has 2 rings (SSSR count). The van der Waals surface area contributed by atoms with Gasteiger partial charge in [0.2, 0.25) is 5.91 Å². The number of halogens is 1. The summed E-state index contributed by atoms with van der Waals surface area (Å²) in [5, 5.41) is 23.4. The number of carbonyl (C=O) groups excluding carboxylic acids is 1. The maximum Gasteiger partial charge on any atom is 0.404 e. The number of carbonyl (C=O) groups is 2. The molecule has 23 heavy (non-hydrogen) atoms. The molecule has 0 heterocycles. The van der Waals surface area contributed by atoms with Crippen LogP contribution in [0.5, 0.6) is 0 Å². The predicted octanol–water partition coefficient (Wildman–Crippen LogP) is 2.96. The van der Waals surface area contributed by atoms with E-state index in [4.69, 9.17) is 5.11 Å². The average molecular weight is 380 g/mol. The maximum atomic E-state index is 12.5. The van der Waals surface area contributed by atoms with Gasteiger partial charge in [0.15, 0.2) is 0 Å². The molecule has 1 unspecified atom stereocenters. The molecule has 1 fully saturated rings. The van der Waals surface area contributed by atoms with Crippen molar-refractivity contribution >= 4 is 27.9 Å². The summed E-state index contributed by atoms with van der Waals surface area (Å²) in [5.74, 6) is -0.724. The number of amides is 2. The lowest BCUT2D eigenvalue weighted by atomic mass is 9.83. The van der Waals surface area contributed by atoms with Gasteiger partial charge in [-0.3, -0.25) is 4.79 Å². The van der Waals surface area contributed by atoms with Gasteiger partial charge < -0.3 is 15.7 Å². The van der Waals surface area contributed by atoms with Gasteiger partial charge in [-0.05, 0) is 30.5 Å². The van der Waals surface area contributed by atoms with Gasteiger partial charge in [0.25, 0.3) is 0 Å². The van der Waals surface area contributed by atoms with Crippen molar-refractivity contribution in [3.8, 4) is 6.07 Å². The highest BCUT2D eigenvalue weighted by Gasteiger charge is 2.33. The van der Waals surface area contributed by atoms with Crippen LogP contribution in [0.15, 0.2) is 28.7 Å². The second-order valence-corrected chi connectivity index (χ2v) is 6.49. The third-order valence-electron chi connectivity index (χ3n) is 4.01. The van der Waals surface area contributed by atoms with Crippen molar-refractivity contribution < 1.29 is 14.7 Å². The van der Waals surface area contributed by atoms with E-state index in [1.54, 1.807) is 18.2 Å². The third kappa shape index (κ3) is 4.70. The predicted molar refractivity (Wildman–Crippen MR) is 87.5 cm³/mol. The minimum atomic E-state index is -1.13. The fourth-order valence-corrected chi connectivity index (χ4v) is 3.32. The molecule has 0 aromatic heterocycles. The highest BCUT2D eigenvalue weighted by atomic mass is 79.9. The molecule has 3 atom stereocenters. The van der Waals surface area contributed by atoms with E-state index in [0.29, 0.717) is 18.4 Å². The third-order valence-corrected chi connectivity index (χ3v) is 4.50. The summed E-state index contributed by atoms with van der Waals surface area (Å²) < 4.78 is 0.826. The first-order valence-corrected chi connectivity index (χ1v) is 8.25. The topological polar surface area (TPSA) is 102 Å². The Kier molecular flexibility index (Phi) is 5.99.